The van der Waals surface area contributed by atoms with Crippen LogP contribution in [0.25, 0.3) is 0 Å². The molecule has 0 bridgehead atoms. The molecule has 7 nitrogen and oxygen atoms in total. The van der Waals surface area contributed by atoms with E-state index < -0.39 is 34.1 Å². The van der Waals surface area contributed by atoms with Gasteiger partial charge in [0.25, 0.3) is 0 Å². The van der Waals surface area contributed by atoms with Crippen molar-refractivity contribution < 1.29 is 33.5 Å². The molecular weight excluding hydrogens is 544 g/mol. The van der Waals surface area contributed by atoms with E-state index in [0.29, 0.717) is 45.6 Å². The zero-order valence-electron chi connectivity index (χ0n) is 29.9. The van der Waals surface area contributed by atoms with E-state index >= 15 is 0 Å². The Hall–Kier alpha value is -2.80. The fourth-order valence-corrected chi connectivity index (χ4v) is 4.07. The number of benzene rings is 2. The molecule has 0 aliphatic carbocycles. The Labute approximate surface area is 261 Å². The van der Waals surface area contributed by atoms with E-state index in [0.717, 1.165) is 0 Å². The summed E-state index contributed by atoms with van der Waals surface area (Å²) in [5, 5.41) is 12.0. The van der Waals surface area contributed by atoms with Crippen molar-refractivity contribution in [3.8, 4) is 34.5 Å². The van der Waals surface area contributed by atoms with Crippen molar-refractivity contribution in [2.45, 2.75) is 158 Å². The lowest BCUT2D eigenvalue weighted by Crippen LogP contribution is -2.29. The van der Waals surface area contributed by atoms with E-state index in [4.69, 9.17) is 28.4 Å². The molecule has 0 heterocycles. The third-order valence-corrected chi connectivity index (χ3v) is 5.15. The summed E-state index contributed by atoms with van der Waals surface area (Å²) in [5.74, 6) is 2.93. The fourth-order valence-electron chi connectivity index (χ4n) is 4.07. The van der Waals surface area contributed by atoms with Crippen molar-refractivity contribution in [1.29, 1.82) is 0 Å². The molecule has 2 aromatic carbocycles. The van der Waals surface area contributed by atoms with Crippen molar-refractivity contribution >= 4 is 0 Å². The molecule has 0 radical (unpaired) electrons. The Kier molecular flexibility index (Phi) is 10.7. The van der Waals surface area contributed by atoms with Gasteiger partial charge in [0.1, 0.15) is 34.1 Å². The van der Waals surface area contributed by atoms with Gasteiger partial charge in [-0.25, -0.2) is 0 Å². The van der Waals surface area contributed by atoms with E-state index in [1.807, 2.05) is 142 Å². The Morgan fingerprint density at radius 3 is 0.953 bits per heavy atom. The second-order valence-electron chi connectivity index (χ2n) is 16.3. The van der Waals surface area contributed by atoms with E-state index in [-0.39, 0.29) is 6.10 Å². The fraction of sp³-hybridized carbons (Fsp3) is 0.667. The minimum absolute atomic E-state index is 0.135. The van der Waals surface area contributed by atoms with Gasteiger partial charge in [0.2, 0.25) is 11.5 Å². The molecule has 7 heteroatoms. The predicted molar refractivity (Wildman–Crippen MR) is 175 cm³/mol. The molecule has 0 amide bonds. The number of aliphatic hydroxyl groups excluding tert-OH is 1. The van der Waals surface area contributed by atoms with Gasteiger partial charge in [0.15, 0.2) is 23.0 Å². The van der Waals surface area contributed by atoms with Crippen LogP contribution in [0.4, 0.5) is 0 Å². The SMILES string of the molecule is CC(C)Oc1cc(C(O)c2cc(OC(C)(C)C)c(OC(C)(C)C)c(OC(C)(C)C)c2)cc(OC(C)(C)C)c1OC(C)(C)C. The van der Waals surface area contributed by atoms with Crippen LogP contribution in [0, 0.1) is 0 Å². The Morgan fingerprint density at radius 1 is 0.442 bits per heavy atom. The van der Waals surface area contributed by atoms with Crippen molar-refractivity contribution in [3.05, 3.63) is 35.4 Å². The van der Waals surface area contributed by atoms with E-state index in [1.165, 1.54) is 0 Å². The first-order valence-electron chi connectivity index (χ1n) is 15.3. The van der Waals surface area contributed by atoms with Gasteiger partial charge in [-0.15, -0.1) is 0 Å². The molecule has 0 aromatic heterocycles. The highest BCUT2D eigenvalue weighted by Crippen LogP contribution is 2.48. The number of hydrogen-bond donors (Lipinski definition) is 1. The second kappa shape index (κ2) is 12.7. The minimum atomic E-state index is -1.08. The average Bonchev–Trinajstić information content (AvgIpc) is 2.72. The quantitative estimate of drug-likeness (QED) is 0.306. The summed E-state index contributed by atoms with van der Waals surface area (Å²) in [6, 6.07) is 7.27. The summed E-state index contributed by atoms with van der Waals surface area (Å²) in [5.41, 5.74) is -1.47. The molecule has 0 fully saturated rings. The summed E-state index contributed by atoms with van der Waals surface area (Å²) in [4.78, 5) is 0. The monoisotopic (exact) mass is 602 g/mol. The Bertz CT molecular complexity index is 1190. The highest BCUT2D eigenvalue weighted by molar-refractivity contribution is 5.59. The maximum Gasteiger partial charge on any atom is 0.204 e. The molecule has 2 rings (SSSR count). The largest absolute Gasteiger partial charge is 0.487 e. The lowest BCUT2D eigenvalue weighted by molar-refractivity contribution is 0.0769. The normalized spacial score (nSPS) is 13.9. The molecule has 2 aromatic rings. The molecule has 0 aliphatic rings. The van der Waals surface area contributed by atoms with Gasteiger partial charge < -0.3 is 33.5 Å². The van der Waals surface area contributed by atoms with Gasteiger partial charge >= 0.3 is 0 Å². The Morgan fingerprint density at radius 2 is 0.698 bits per heavy atom. The molecule has 0 aliphatic heterocycles. The van der Waals surface area contributed by atoms with Crippen LogP contribution in [0.3, 0.4) is 0 Å². The lowest BCUT2D eigenvalue weighted by Gasteiger charge is -2.32. The van der Waals surface area contributed by atoms with Crippen LogP contribution in [-0.2, 0) is 0 Å². The molecule has 1 unspecified atom stereocenters. The zero-order valence-corrected chi connectivity index (χ0v) is 29.9. The molecule has 244 valence electrons. The van der Waals surface area contributed by atoms with E-state index in [2.05, 4.69) is 0 Å². The highest BCUT2D eigenvalue weighted by Gasteiger charge is 2.30. The van der Waals surface area contributed by atoms with Crippen LogP contribution in [0.1, 0.15) is 135 Å². The summed E-state index contributed by atoms with van der Waals surface area (Å²) in [7, 11) is 0. The van der Waals surface area contributed by atoms with Gasteiger partial charge in [-0.3, -0.25) is 0 Å². The third-order valence-electron chi connectivity index (χ3n) is 5.15. The molecule has 43 heavy (non-hydrogen) atoms. The lowest BCUT2D eigenvalue weighted by atomic mass is 9.98. The van der Waals surface area contributed by atoms with Crippen molar-refractivity contribution in [2.75, 3.05) is 0 Å². The third kappa shape index (κ3) is 12.4. The number of ether oxygens (including phenoxy) is 6. The van der Waals surface area contributed by atoms with E-state index in [9.17, 15) is 5.11 Å². The maximum absolute atomic E-state index is 12.0. The smallest absolute Gasteiger partial charge is 0.204 e. The zero-order chi connectivity index (χ0) is 33.3. The number of hydrogen-bond acceptors (Lipinski definition) is 7. The molecule has 1 N–H and O–H groups in total. The minimum Gasteiger partial charge on any atom is -0.487 e. The topological polar surface area (TPSA) is 75.6 Å². The van der Waals surface area contributed by atoms with E-state index in [1.54, 1.807) is 0 Å². The molecular formula is C36H58O7. The van der Waals surface area contributed by atoms with Crippen LogP contribution in [-0.4, -0.2) is 39.2 Å². The molecule has 0 spiro atoms. The standard InChI is InChI=1S/C36H58O7/c1-22(2)38-25-18-23(19-26(39-32(3,4)5)30(25)42-35(12,13)14)29(37)24-20-27(40-33(6,7)8)31(43-36(15,16)17)28(21-24)41-34(9,10)11/h18-22,29,37H,1-17H3. The van der Waals surface area contributed by atoms with Gasteiger partial charge in [-0.1, -0.05) is 0 Å². The van der Waals surface area contributed by atoms with Gasteiger partial charge in [-0.05, 0) is 153 Å². The van der Waals surface area contributed by atoms with Crippen LogP contribution < -0.4 is 28.4 Å². The van der Waals surface area contributed by atoms with Crippen molar-refractivity contribution in [3.63, 3.8) is 0 Å². The van der Waals surface area contributed by atoms with Crippen LogP contribution in [0.15, 0.2) is 24.3 Å². The Balaban J connectivity index is 2.89. The number of aliphatic hydroxyl groups is 1. The van der Waals surface area contributed by atoms with Crippen LogP contribution in [0.5, 0.6) is 34.5 Å². The first-order chi connectivity index (χ1) is 19.1. The summed E-state index contributed by atoms with van der Waals surface area (Å²) < 4.78 is 38.2. The summed E-state index contributed by atoms with van der Waals surface area (Å²) in [6.45, 7) is 33.5. The molecule has 0 saturated carbocycles. The van der Waals surface area contributed by atoms with Gasteiger partial charge in [0.05, 0.1) is 6.10 Å². The van der Waals surface area contributed by atoms with Crippen LogP contribution in [0.2, 0.25) is 0 Å². The first kappa shape index (κ1) is 36.4. The number of rotatable bonds is 9. The van der Waals surface area contributed by atoms with Gasteiger partial charge in [0, 0.05) is 0 Å². The summed E-state index contributed by atoms with van der Waals surface area (Å²) in [6.07, 6.45) is -1.21. The summed E-state index contributed by atoms with van der Waals surface area (Å²) >= 11 is 0. The van der Waals surface area contributed by atoms with Gasteiger partial charge in [-0.2, -0.15) is 0 Å². The maximum atomic E-state index is 12.0. The highest BCUT2D eigenvalue weighted by atomic mass is 16.6. The van der Waals surface area contributed by atoms with Crippen molar-refractivity contribution in [1.82, 2.24) is 0 Å². The van der Waals surface area contributed by atoms with Crippen LogP contribution >= 0.6 is 0 Å². The first-order valence-corrected chi connectivity index (χ1v) is 15.3. The second-order valence-corrected chi connectivity index (χ2v) is 16.3. The molecule has 0 saturated heterocycles. The molecule has 1 atom stereocenters. The van der Waals surface area contributed by atoms with Crippen molar-refractivity contribution in [2.24, 2.45) is 0 Å². The predicted octanol–water partition coefficient (Wildman–Crippen LogP) is 9.44. The average molecular weight is 603 g/mol.